The molecule has 0 unspecified atom stereocenters. The van der Waals surface area contributed by atoms with Crippen molar-refractivity contribution in [3.63, 3.8) is 0 Å². The van der Waals surface area contributed by atoms with Crippen LogP contribution in [0.4, 0.5) is 0 Å². The third-order valence-corrected chi connectivity index (χ3v) is 2.88. The molecule has 0 saturated heterocycles. The lowest BCUT2D eigenvalue weighted by molar-refractivity contribution is 0.580. The van der Waals surface area contributed by atoms with Crippen LogP contribution in [-0.4, -0.2) is 4.98 Å². The lowest BCUT2D eigenvalue weighted by atomic mass is 9.95. The van der Waals surface area contributed by atoms with Crippen molar-refractivity contribution in [1.29, 1.82) is 0 Å². The molecule has 1 rings (SSSR count). The molecule has 0 N–H and O–H groups in total. The van der Waals surface area contributed by atoms with E-state index in [0.29, 0.717) is 0 Å². The zero-order valence-corrected chi connectivity index (χ0v) is 11.0. The number of rotatable bonds is 5. The van der Waals surface area contributed by atoms with Crippen LogP contribution < -0.4 is 0 Å². The Morgan fingerprint density at radius 1 is 1.44 bits per heavy atom. The van der Waals surface area contributed by atoms with Crippen molar-refractivity contribution in [2.45, 2.75) is 47.0 Å². The van der Waals surface area contributed by atoms with Crippen LogP contribution in [0.2, 0.25) is 0 Å². The minimum absolute atomic E-state index is 0.727. The maximum absolute atomic E-state index is 4.52. The highest BCUT2D eigenvalue weighted by atomic mass is 14.7. The third-order valence-electron chi connectivity index (χ3n) is 2.88. The fraction of sp³-hybridized carbons (Fsp3) is 0.533. The number of pyridine rings is 1. The Bertz CT molecular complexity index is 364. The molecule has 1 aromatic heterocycles. The molecule has 0 aliphatic heterocycles. The standard InChI is InChI=1S/C15H23N/c1-6-13-9-10-16-14(8-7-11(2)3)15(13)12(4)5/h9-11H,4,6-8H2,1-3,5H3. The van der Waals surface area contributed by atoms with Gasteiger partial charge in [-0.3, -0.25) is 4.98 Å². The average Bonchev–Trinajstić information content (AvgIpc) is 2.25. The van der Waals surface area contributed by atoms with E-state index in [1.165, 1.54) is 23.2 Å². The molecule has 1 heteroatoms. The number of aryl methyl sites for hydroxylation is 2. The van der Waals surface area contributed by atoms with E-state index in [1.807, 2.05) is 6.20 Å². The van der Waals surface area contributed by atoms with Crippen LogP contribution in [-0.2, 0) is 12.8 Å². The fourth-order valence-electron chi connectivity index (χ4n) is 1.98. The van der Waals surface area contributed by atoms with Gasteiger partial charge in [0.15, 0.2) is 0 Å². The van der Waals surface area contributed by atoms with Gasteiger partial charge in [-0.05, 0) is 49.3 Å². The Labute approximate surface area is 99.6 Å². The van der Waals surface area contributed by atoms with Gasteiger partial charge in [0.2, 0.25) is 0 Å². The maximum Gasteiger partial charge on any atom is 0.0481 e. The van der Waals surface area contributed by atoms with Gasteiger partial charge in [-0.2, -0.15) is 0 Å². The molecule has 0 saturated carbocycles. The summed E-state index contributed by atoms with van der Waals surface area (Å²) in [5.74, 6) is 0.727. The highest BCUT2D eigenvalue weighted by Crippen LogP contribution is 2.23. The quantitative estimate of drug-likeness (QED) is 0.718. The van der Waals surface area contributed by atoms with E-state index in [0.717, 1.165) is 24.3 Å². The molecule has 0 amide bonds. The molecular weight excluding hydrogens is 194 g/mol. The molecule has 0 fully saturated rings. The van der Waals surface area contributed by atoms with E-state index in [1.54, 1.807) is 0 Å². The zero-order chi connectivity index (χ0) is 12.1. The lowest BCUT2D eigenvalue weighted by Crippen LogP contribution is -2.02. The van der Waals surface area contributed by atoms with Crippen LogP contribution in [0.3, 0.4) is 0 Å². The first-order valence-corrected chi connectivity index (χ1v) is 6.18. The lowest BCUT2D eigenvalue weighted by Gasteiger charge is -2.13. The van der Waals surface area contributed by atoms with Gasteiger partial charge in [0, 0.05) is 17.5 Å². The average molecular weight is 217 g/mol. The highest BCUT2D eigenvalue weighted by molar-refractivity contribution is 5.66. The van der Waals surface area contributed by atoms with E-state index in [4.69, 9.17) is 0 Å². The molecule has 1 heterocycles. The van der Waals surface area contributed by atoms with Gasteiger partial charge in [-0.15, -0.1) is 0 Å². The molecule has 1 nitrogen and oxygen atoms in total. The predicted octanol–water partition coefficient (Wildman–Crippen LogP) is 4.27. The topological polar surface area (TPSA) is 12.9 Å². The molecular formula is C15H23N. The van der Waals surface area contributed by atoms with Crippen molar-refractivity contribution in [3.05, 3.63) is 35.7 Å². The predicted molar refractivity (Wildman–Crippen MR) is 71.5 cm³/mol. The molecule has 88 valence electrons. The summed E-state index contributed by atoms with van der Waals surface area (Å²) in [5, 5.41) is 0. The van der Waals surface area contributed by atoms with E-state index < -0.39 is 0 Å². The zero-order valence-electron chi connectivity index (χ0n) is 11.0. The summed E-state index contributed by atoms with van der Waals surface area (Å²) in [6.45, 7) is 12.9. The minimum Gasteiger partial charge on any atom is -0.261 e. The smallest absolute Gasteiger partial charge is 0.0481 e. The third kappa shape index (κ3) is 3.19. The summed E-state index contributed by atoms with van der Waals surface area (Å²) in [6, 6.07) is 2.11. The second-order valence-electron chi connectivity index (χ2n) is 4.86. The van der Waals surface area contributed by atoms with Crippen molar-refractivity contribution in [3.8, 4) is 0 Å². The van der Waals surface area contributed by atoms with Gasteiger partial charge in [0.1, 0.15) is 0 Å². The van der Waals surface area contributed by atoms with Gasteiger partial charge >= 0.3 is 0 Å². The number of aromatic nitrogens is 1. The van der Waals surface area contributed by atoms with Crippen molar-refractivity contribution in [2.24, 2.45) is 5.92 Å². The minimum atomic E-state index is 0.727. The first-order valence-electron chi connectivity index (χ1n) is 6.18. The van der Waals surface area contributed by atoms with Crippen molar-refractivity contribution >= 4 is 5.57 Å². The molecule has 0 spiro atoms. The second kappa shape index (κ2) is 5.83. The normalized spacial score (nSPS) is 10.8. The Balaban J connectivity index is 3.02. The largest absolute Gasteiger partial charge is 0.261 e. The Hall–Kier alpha value is -1.11. The molecule has 0 atom stereocenters. The van der Waals surface area contributed by atoms with Crippen molar-refractivity contribution in [1.82, 2.24) is 4.98 Å². The van der Waals surface area contributed by atoms with Crippen LogP contribution in [0.5, 0.6) is 0 Å². The number of hydrogen-bond acceptors (Lipinski definition) is 1. The van der Waals surface area contributed by atoms with Gasteiger partial charge in [0.05, 0.1) is 0 Å². The summed E-state index contributed by atoms with van der Waals surface area (Å²) >= 11 is 0. The van der Waals surface area contributed by atoms with Crippen LogP contribution >= 0.6 is 0 Å². The van der Waals surface area contributed by atoms with E-state index in [9.17, 15) is 0 Å². The molecule has 0 bridgehead atoms. The van der Waals surface area contributed by atoms with E-state index in [-0.39, 0.29) is 0 Å². The maximum atomic E-state index is 4.52. The Kier molecular flexibility index (Phi) is 4.72. The number of hydrogen-bond donors (Lipinski definition) is 0. The fourth-order valence-corrected chi connectivity index (χ4v) is 1.98. The van der Waals surface area contributed by atoms with Gasteiger partial charge < -0.3 is 0 Å². The SMILES string of the molecule is C=C(C)c1c(CC)ccnc1CCC(C)C. The summed E-state index contributed by atoms with van der Waals surface area (Å²) in [7, 11) is 0. The highest BCUT2D eigenvalue weighted by Gasteiger charge is 2.09. The summed E-state index contributed by atoms with van der Waals surface area (Å²) < 4.78 is 0. The van der Waals surface area contributed by atoms with Crippen LogP contribution in [0.15, 0.2) is 18.8 Å². The summed E-state index contributed by atoms with van der Waals surface area (Å²) in [5.41, 5.74) is 5.04. The first-order chi connectivity index (χ1) is 7.56. The van der Waals surface area contributed by atoms with Gasteiger partial charge in [-0.25, -0.2) is 0 Å². The van der Waals surface area contributed by atoms with Gasteiger partial charge in [0.25, 0.3) is 0 Å². The van der Waals surface area contributed by atoms with Crippen LogP contribution in [0.25, 0.3) is 5.57 Å². The first kappa shape index (κ1) is 13.0. The monoisotopic (exact) mass is 217 g/mol. The molecule has 1 aromatic rings. The van der Waals surface area contributed by atoms with Crippen LogP contribution in [0, 0.1) is 5.92 Å². The van der Waals surface area contributed by atoms with Crippen molar-refractivity contribution in [2.75, 3.05) is 0 Å². The molecule has 0 aliphatic carbocycles. The second-order valence-corrected chi connectivity index (χ2v) is 4.86. The summed E-state index contributed by atoms with van der Waals surface area (Å²) in [4.78, 5) is 4.52. The molecule has 16 heavy (non-hydrogen) atoms. The van der Waals surface area contributed by atoms with E-state index >= 15 is 0 Å². The van der Waals surface area contributed by atoms with Gasteiger partial charge in [-0.1, -0.05) is 27.4 Å². The summed E-state index contributed by atoms with van der Waals surface area (Å²) in [6.07, 6.45) is 5.24. The van der Waals surface area contributed by atoms with E-state index in [2.05, 4.69) is 45.3 Å². The number of allylic oxidation sites excluding steroid dienone is 1. The molecule has 0 aromatic carbocycles. The number of nitrogens with zero attached hydrogens (tertiary/aromatic N) is 1. The Morgan fingerprint density at radius 3 is 2.62 bits per heavy atom. The Morgan fingerprint density at radius 2 is 2.12 bits per heavy atom. The van der Waals surface area contributed by atoms with Crippen LogP contribution in [0.1, 0.15) is 50.9 Å². The molecule has 0 radical (unpaired) electrons. The molecule has 0 aliphatic rings. The van der Waals surface area contributed by atoms with Crippen molar-refractivity contribution < 1.29 is 0 Å².